The van der Waals surface area contributed by atoms with Crippen LogP contribution in [0.3, 0.4) is 0 Å². The highest BCUT2D eigenvalue weighted by atomic mass is 16.1. The van der Waals surface area contributed by atoms with Crippen LogP contribution in [0.4, 0.5) is 0 Å². The summed E-state index contributed by atoms with van der Waals surface area (Å²) in [5.74, 6) is -0.168. The van der Waals surface area contributed by atoms with Crippen LogP contribution in [-0.2, 0) is 4.79 Å². The van der Waals surface area contributed by atoms with Gasteiger partial charge in [-0.3, -0.25) is 4.79 Å². The summed E-state index contributed by atoms with van der Waals surface area (Å²) >= 11 is 0. The molecule has 0 saturated carbocycles. The highest BCUT2D eigenvalue weighted by Gasteiger charge is 2.23. The third kappa shape index (κ3) is 16.7. The highest BCUT2D eigenvalue weighted by molar-refractivity contribution is 5.79. The van der Waals surface area contributed by atoms with Gasteiger partial charge in [-0.15, -0.1) is 0 Å². The molecule has 0 aromatic heterocycles. The van der Waals surface area contributed by atoms with Gasteiger partial charge < -0.3 is 5.73 Å². The molecule has 0 fully saturated rings. The summed E-state index contributed by atoms with van der Waals surface area (Å²) in [6.45, 7) is 6.19. The van der Waals surface area contributed by atoms with Gasteiger partial charge in [0.2, 0.25) is 5.91 Å². The number of carbonyl (C=O) groups excluding carboxylic acids is 1. The van der Waals surface area contributed by atoms with E-state index in [2.05, 4.69) is 19.1 Å². The lowest BCUT2D eigenvalue weighted by Gasteiger charge is -2.19. The monoisotopic (exact) mass is 365 g/mol. The van der Waals surface area contributed by atoms with E-state index in [4.69, 9.17) is 5.73 Å². The van der Waals surface area contributed by atoms with Crippen molar-refractivity contribution < 1.29 is 4.79 Å². The zero-order valence-corrected chi connectivity index (χ0v) is 18.2. The normalized spacial score (nSPS) is 12.1. The first-order valence-corrected chi connectivity index (χ1v) is 11.5. The van der Waals surface area contributed by atoms with E-state index < -0.39 is 0 Å². The summed E-state index contributed by atoms with van der Waals surface area (Å²) in [5.41, 5.74) is 5.07. The SMILES string of the molecule is CCCCCCCCC=CCCCCCCCCCCC(C)(C)C(N)=O. The second kappa shape index (κ2) is 17.6. The molecule has 2 N–H and O–H groups in total. The highest BCUT2D eigenvalue weighted by Crippen LogP contribution is 2.23. The van der Waals surface area contributed by atoms with Crippen LogP contribution in [0.2, 0.25) is 0 Å². The average molecular weight is 366 g/mol. The Morgan fingerprint density at radius 3 is 1.50 bits per heavy atom. The van der Waals surface area contributed by atoms with Crippen molar-refractivity contribution in [3.05, 3.63) is 12.2 Å². The molecule has 2 heteroatoms. The minimum atomic E-state index is -0.331. The van der Waals surface area contributed by atoms with Gasteiger partial charge in [0.15, 0.2) is 0 Å². The molecule has 0 atom stereocenters. The first-order valence-electron chi connectivity index (χ1n) is 11.5. The maximum absolute atomic E-state index is 11.3. The Hall–Kier alpha value is -0.790. The molecule has 1 amide bonds. The predicted octanol–water partition coefficient (Wildman–Crippen LogP) is 7.71. The van der Waals surface area contributed by atoms with Crippen LogP contribution in [-0.4, -0.2) is 5.91 Å². The van der Waals surface area contributed by atoms with Crippen molar-refractivity contribution in [2.24, 2.45) is 11.1 Å². The second-order valence-corrected chi connectivity index (χ2v) is 8.64. The van der Waals surface area contributed by atoms with Gasteiger partial charge >= 0.3 is 0 Å². The van der Waals surface area contributed by atoms with Crippen LogP contribution in [0.25, 0.3) is 0 Å². The van der Waals surface area contributed by atoms with Gasteiger partial charge in [0.25, 0.3) is 0 Å². The summed E-state index contributed by atoms with van der Waals surface area (Å²) in [6, 6.07) is 0. The molecule has 0 aromatic carbocycles. The molecule has 0 rings (SSSR count). The predicted molar refractivity (Wildman–Crippen MR) is 116 cm³/mol. The average Bonchev–Trinajstić information content (AvgIpc) is 2.60. The zero-order valence-electron chi connectivity index (χ0n) is 18.2. The van der Waals surface area contributed by atoms with Crippen molar-refractivity contribution >= 4 is 5.91 Å². The molecule has 154 valence electrons. The largest absolute Gasteiger partial charge is 0.369 e. The van der Waals surface area contributed by atoms with E-state index in [0.29, 0.717) is 0 Å². The van der Waals surface area contributed by atoms with Crippen molar-refractivity contribution in [3.8, 4) is 0 Å². The molecule has 0 aromatic rings. The third-order valence-corrected chi connectivity index (χ3v) is 5.48. The van der Waals surface area contributed by atoms with Crippen LogP contribution in [0.1, 0.15) is 130 Å². The molecule has 0 spiro atoms. The van der Waals surface area contributed by atoms with Crippen molar-refractivity contribution in [1.29, 1.82) is 0 Å². The number of hydrogen-bond acceptors (Lipinski definition) is 1. The van der Waals surface area contributed by atoms with Crippen LogP contribution in [0, 0.1) is 5.41 Å². The molecule has 0 aliphatic rings. The lowest BCUT2D eigenvalue weighted by atomic mass is 9.86. The van der Waals surface area contributed by atoms with Crippen molar-refractivity contribution in [1.82, 2.24) is 0 Å². The van der Waals surface area contributed by atoms with Gasteiger partial charge in [0.05, 0.1) is 0 Å². The summed E-state index contributed by atoms with van der Waals surface area (Å²) in [5, 5.41) is 0. The molecule has 0 heterocycles. The lowest BCUT2D eigenvalue weighted by molar-refractivity contribution is -0.126. The number of primary amides is 1. The van der Waals surface area contributed by atoms with E-state index in [1.165, 1.54) is 96.3 Å². The topological polar surface area (TPSA) is 43.1 Å². The summed E-state index contributed by atoms with van der Waals surface area (Å²) < 4.78 is 0. The first kappa shape index (κ1) is 25.2. The van der Waals surface area contributed by atoms with E-state index in [0.717, 1.165) is 12.8 Å². The molecule has 0 saturated heterocycles. The molecule has 26 heavy (non-hydrogen) atoms. The molecule has 2 nitrogen and oxygen atoms in total. The number of rotatable bonds is 19. The fraction of sp³-hybridized carbons (Fsp3) is 0.875. The maximum Gasteiger partial charge on any atom is 0.223 e. The molecule has 0 bridgehead atoms. The van der Waals surface area contributed by atoms with Gasteiger partial charge in [-0.2, -0.15) is 0 Å². The van der Waals surface area contributed by atoms with Gasteiger partial charge in [0, 0.05) is 5.41 Å². The zero-order chi connectivity index (χ0) is 19.5. The molecular formula is C24H47NO. The fourth-order valence-electron chi connectivity index (χ4n) is 3.29. The van der Waals surface area contributed by atoms with Gasteiger partial charge in [-0.05, 0) is 32.1 Å². The smallest absolute Gasteiger partial charge is 0.223 e. The summed E-state index contributed by atoms with van der Waals surface area (Å²) in [4.78, 5) is 11.3. The van der Waals surface area contributed by atoms with E-state index >= 15 is 0 Å². The van der Waals surface area contributed by atoms with E-state index in [-0.39, 0.29) is 11.3 Å². The molecule has 0 radical (unpaired) electrons. The summed E-state index contributed by atoms with van der Waals surface area (Å²) in [7, 11) is 0. The lowest BCUT2D eigenvalue weighted by Crippen LogP contribution is -2.31. The van der Waals surface area contributed by atoms with Crippen LogP contribution in [0.5, 0.6) is 0 Å². The number of unbranched alkanes of at least 4 members (excludes halogenated alkanes) is 14. The molecular weight excluding hydrogens is 318 g/mol. The molecule has 0 aliphatic carbocycles. The minimum absolute atomic E-state index is 0.168. The van der Waals surface area contributed by atoms with Crippen molar-refractivity contribution in [3.63, 3.8) is 0 Å². The maximum atomic E-state index is 11.3. The number of hydrogen-bond donors (Lipinski definition) is 1. The second-order valence-electron chi connectivity index (χ2n) is 8.64. The van der Waals surface area contributed by atoms with Gasteiger partial charge in [-0.1, -0.05) is 110 Å². The van der Waals surface area contributed by atoms with E-state index in [1.807, 2.05) is 13.8 Å². The Bertz CT molecular complexity index is 346. The van der Waals surface area contributed by atoms with Crippen molar-refractivity contribution in [2.45, 2.75) is 130 Å². The van der Waals surface area contributed by atoms with Crippen molar-refractivity contribution in [2.75, 3.05) is 0 Å². The minimum Gasteiger partial charge on any atom is -0.369 e. The Morgan fingerprint density at radius 1 is 0.692 bits per heavy atom. The Morgan fingerprint density at radius 2 is 1.08 bits per heavy atom. The Balaban J connectivity index is 3.22. The Labute approximate surface area is 164 Å². The standard InChI is InChI=1S/C24H47NO/c1-4-5-6-7-8-9-10-11-12-13-14-15-16-17-18-19-20-21-22-24(2,3)23(25)26/h11-12H,4-10,13-22H2,1-3H3,(H2,25,26). The quantitative estimate of drug-likeness (QED) is 0.185. The Kier molecular flexibility index (Phi) is 17.1. The fourth-order valence-corrected chi connectivity index (χ4v) is 3.29. The van der Waals surface area contributed by atoms with E-state index in [1.54, 1.807) is 0 Å². The number of amides is 1. The van der Waals surface area contributed by atoms with Crippen LogP contribution in [0.15, 0.2) is 12.2 Å². The van der Waals surface area contributed by atoms with Crippen LogP contribution < -0.4 is 5.73 Å². The van der Waals surface area contributed by atoms with Crippen LogP contribution >= 0.6 is 0 Å². The first-order chi connectivity index (χ1) is 12.5. The third-order valence-electron chi connectivity index (χ3n) is 5.48. The molecule has 0 aliphatic heterocycles. The molecule has 0 unspecified atom stereocenters. The van der Waals surface area contributed by atoms with Gasteiger partial charge in [-0.25, -0.2) is 0 Å². The number of nitrogens with two attached hydrogens (primary N) is 1. The number of carbonyl (C=O) groups is 1. The number of allylic oxidation sites excluding steroid dienone is 2. The summed E-state index contributed by atoms with van der Waals surface area (Å²) in [6.07, 6.45) is 27.1. The van der Waals surface area contributed by atoms with E-state index in [9.17, 15) is 4.79 Å². The van der Waals surface area contributed by atoms with Gasteiger partial charge in [0.1, 0.15) is 0 Å².